The monoisotopic (exact) mass is 523 g/mol. The molecule has 0 aliphatic carbocycles. The van der Waals surface area contributed by atoms with Gasteiger partial charge in [-0.2, -0.15) is 0 Å². The van der Waals surface area contributed by atoms with Crippen LogP contribution in [0.5, 0.6) is 5.75 Å². The molecular formula is C28H33N3O5S. The Hall–Kier alpha value is -3.85. The van der Waals surface area contributed by atoms with E-state index in [0.717, 1.165) is 15.4 Å². The molecule has 0 bridgehead atoms. The van der Waals surface area contributed by atoms with E-state index in [1.54, 1.807) is 36.4 Å². The van der Waals surface area contributed by atoms with Crippen molar-refractivity contribution < 1.29 is 22.7 Å². The molecule has 0 saturated heterocycles. The van der Waals surface area contributed by atoms with Gasteiger partial charge in [0.05, 0.1) is 17.7 Å². The highest BCUT2D eigenvalue weighted by molar-refractivity contribution is 7.92. The first-order valence-electron chi connectivity index (χ1n) is 12.0. The lowest BCUT2D eigenvalue weighted by molar-refractivity contribution is -0.140. The lowest BCUT2D eigenvalue weighted by Crippen LogP contribution is -2.51. The number of ether oxygens (including phenoxy) is 1. The number of anilines is 1. The first-order chi connectivity index (χ1) is 17.7. The highest BCUT2D eigenvalue weighted by Gasteiger charge is 2.34. The van der Waals surface area contributed by atoms with Crippen LogP contribution in [-0.4, -0.2) is 51.9 Å². The van der Waals surface area contributed by atoms with Crippen molar-refractivity contribution in [2.75, 3.05) is 25.0 Å². The number of nitrogens with one attached hydrogen (secondary N) is 1. The summed E-state index contributed by atoms with van der Waals surface area (Å²) in [5, 5.41) is 2.62. The van der Waals surface area contributed by atoms with E-state index in [1.165, 1.54) is 31.2 Å². The molecule has 9 heteroatoms. The molecule has 196 valence electrons. The van der Waals surface area contributed by atoms with Gasteiger partial charge in [0.15, 0.2) is 0 Å². The zero-order valence-electron chi connectivity index (χ0n) is 21.5. The van der Waals surface area contributed by atoms with Crippen molar-refractivity contribution in [2.45, 2.75) is 37.8 Å². The number of carbonyl (C=O) groups excluding carboxylic acids is 2. The molecule has 37 heavy (non-hydrogen) atoms. The number of rotatable bonds is 11. The molecule has 0 saturated carbocycles. The van der Waals surface area contributed by atoms with E-state index in [4.69, 9.17) is 4.74 Å². The first kappa shape index (κ1) is 27.7. The Balaban J connectivity index is 2.09. The molecule has 0 aromatic heterocycles. The van der Waals surface area contributed by atoms with E-state index >= 15 is 0 Å². The van der Waals surface area contributed by atoms with Crippen molar-refractivity contribution in [3.05, 3.63) is 90.0 Å². The van der Waals surface area contributed by atoms with Crippen molar-refractivity contribution in [1.29, 1.82) is 0 Å². The Morgan fingerprint density at radius 2 is 1.57 bits per heavy atom. The molecule has 1 N–H and O–H groups in total. The summed E-state index contributed by atoms with van der Waals surface area (Å²) in [7, 11) is -1.20. The smallest absolute Gasteiger partial charge is 0.264 e. The van der Waals surface area contributed by atoms with E-state index in [1.807, 2.05) is 44.2 Å². The quantitative estimate of drug-likeness (QED) is 0.413. The number of methoxy groups -OCH3 is 1. The highest BCUT2D eigenvalue weighted by Crippen LogP contribution is 2.32. The summed E-state index contributed by atoms with van der Waals surface area (Å²) in [6.45, 7) is 3.31. The molecule has 0 fully saturated rings. The Kier molecular flexibility index (Phi) is 9.30. The third-order valence-corrected chi connectivity index (χ3v) is 7.84. The maximum atomic E-state index is 13.9. The number of carbonyl (C=O) groups is 2. The van der Waals surface area contributed by atoms with Crippen molar-refractivity contribution in [3.63, 3.8) is 0 Å². The minimum Gasteiger partial charge on any atom is -0.495 e. The van der Waals surface area contributed by atoms with E-state index in [0.29, 0.717) is 12.2 Å². The third-order valence-electron chi connectivity index (χ3n) is 6.07. The van der Waals surface area contributed by atoms with Gasteiger partial charge in [-0.3, -0.25) is 13.9 Å². The molecule has 3 rings (SSSR count). The zero-order valence-corrected chi connectivity index (χ0v) is 22.4. The molecule has 0 radical (unpaired) electrons. The van der Waals surface area contributed by atoms with Crippen LogP contribution in [-0.2, 0) is 26.2 Å². The number of amides is 2. The topological polar surface area (TPSA) is 96.0 Å². The number of nitrogens with zero attached hydrogens (tertiary/aromatic N) is 2. The van der Waals surface area contributed by atoms with Gasteiger partial charge in [-0.05, 0) is 43.2 Å². The second kappa shape index (κ2) is 12.4. The highest BCUT2D eigenvalue weighted by atomic mass is 32.2. The summed E-state index contributed by atoms with van der Waals surface area (Å²) in [6.07, 6.45) is 0.359. The summed E-state index contributed by atoms with van der Waals surface area (Å²) >= 11 is 0. The fraction of sp³-hybridized carbons (Fsp3) is 0.286. The van der Waals surface area contributed by atoms with Crippen LogP contribution in [0.15, 0.2) is 83.8 Å². The first-order valence-corrected chi connectivity index (χ1v) is 13.4. The van der Waals surface area contributed by atoms with Crippen LogP contribution in [0.3, 0.4) is 0 Å². The molecule has 8 nitrogen and oxygen atoms in total. The van der Waals surface area contributed by atoms with Gasteiger partial charge in [0.2, 0.25) is 11.8 Å². The van der Waals surface area contributed by atoms with Crippen LogP contribution < -0.4 is 14.4 Å². The normalized spacial score (nSPS) is 11.9. The number of benzene rings is 3. The second-order valence-corrected chi connectivity index (χ2v) is 10.4. The van der Waals surface area contributed by atoms with Crippen LogP contribution in [0.2, 0.25) is 0 Å². The average molecular weight is 524 g/mol. The summed E-state index contributed by atoms with van der Waals surface area (Å²) in [5.74, 6) is -0.531. The van der Waals surface area contributed by atoms with Gasteiger partial charge in [-0.1, -0.05) is 67.1 Å². The number of para-hydroxylation sites is 2. The maximum absolute atomic E-state index is 13.9. The van der Waals surface area contributed by atoms with E-state index in [-0.39, 0.29) is 23.0 Å². The predicted molar refractivity (Wildman–Crippen MR) is 144 cm³/mol. The Bertz CT molecular complexity index is 1310. The molecule has 1 atom stereocenters. The van der Waals surface area contributed by atoms with Gasteiger partial charge in [0.25, 0.3) is 10.0 Å². The average Bonchev–Trinajstić information content (AvgIpc) is 2.92. The van der Waals surface area contributed by atoms with E-state index < -0.39 is 28.5 Å². The summed E-state index contributed by atoms with van der Waals surface area (Å²) in [4.78, 5) is 28.1. The largest absolute Gasteiger partial charge is 0.495 e. The predicted octanol–water partition coefficient (Wildman–Crippen LogP) is 3.75. The van der Waals surface area contributed by atoms with Crippen LogP contribution in [0.4, 0.5) is 5.69 Å². The van der Waals surface area contributed by atoms with Crippen molar-refractivity contribution in [3.8, 4) is 5.75 Å². The van der Waals surface area contributed by atoms with Gasteiger partial charge in [-0.25, -0.2) is 8.42 Å². The van der Waals surface area contributed by atoms with E-state index in [2.05, 4.69) is 5.32 Å². The molecule has 3 aromatic carbocycles. The fourth-order valence-electron chi connectivity index (χ4n) is 4.05. The molecule has 0 spiro atoms. The molecule has 2 amide bonds. The number of sulfonamides is 1. The van der Waals surface area contributed by atoms with Gasteiger partial charge in [0.1, 0.15) is 18.3 Å². The standard InChI is InChI=1S/C28H33N3O5S/c1-5-24(28(33)29-3)30(19-22-11-7-6-8-12-22)27(32)20-31(25-13-9-10-14-26(25)36-4)37(34,35)23-17-15-21(2)16-18-23/h6-18,24H,5,19-20H2,1-4H3,(H,29,33). The van der Waals surface area contributed by atoms with Crippen LogP contribution in [0.25, 0.3) is 0 Å². The Labute approximate surface area is 218 Å². The van der Waals surface area contributed by atoms with Crippen LogP contribution in [0.1, 0.15) is 24.5 Å². The zero-order chi connectivity index (χ0) is 27.0. The fourth-order valence-corrected chi connectivity index (χ4v) is 5.48. The van der Waals surface area contributed by atoms with Crippen LogP contribution in [0, 0.1) is 6.92 Å². The number of hydrogen-bond donors (Lipinski definition) is 1. The number of likely N-dealkylation sites (N-methyl/N-ethyl adjacent to an activating group) is 1. The maximum Gasteiger partial charge on any atom is 0.264 e. The Morgan fingerprint density at radius 3 is 2.16 bits per heavy atom. The SMILES string of the molecule is CCC(C(=O)NC)N(Cc1ccccc1)C(=O)CN(c1ccccc1OC)S(=O)(=O)c1ccc(C)cc1. The minimum absolute atomic E-state index is 0.0461. The molecule has 0 aliphatic rings. The molecule has 1 unspecified atom stereocenters. The van der Waals surface area contributed by atoms with Crippen LogP contribution >= 0.6 is 0 Å². The van der Waals surface area contributed by atoms with Crippen molar-refractivity contribution in [2.24, 2.45) is 0 Å². The molecule has 0 heterocycles. The summed E-state index contributed by atoms with van der Waals surface area (Å²) < 4.78 is 34.2. The molecular weight excluding hydrogens is 490 g/mol. The van der Waals surface area contributed by atoms with E-state index in [9.17, 15) is 18.0 Å². The minimum atomic E-state index is -4.16. The molecule has 0 aliphatic heterocycles. The lowest BCUT2D eigenvalue weighted by Gasteiger charge is -2.33. The summed E-state index contributed by atoms with van der Waals surface area (Å²) in [6, 6.07) is 21.6. The summed E-state index contributed by atoms with van der Waals surface area (Å²) in [5.41, 5.74) is 1.96. The van der Waals surface area contributed by atoms with Crippen molar-refractivity contribution in [1.82, 2.24) is 10.2 Å². The van der Waals surface area contributed by atoms with Crippen molar-refractivity contribution >= 4 is 27.5 Å². The third kappa shape index (κ3) is 6.48. The van der Waals surface area contributed by atoms with Gasteiger partial charge >= 0.3 is 0 Å². The van der Waals surface area contributed by atoms with Gasteiger partial charge in [-0.15, -0.1) is 0 Å². The van der Waals surface area contributed by atoms with Gasteiger partial charge in [0, 0.05) is 13.6 Å². The molecule has 3 aromatic rings. The second-order valence-electron chi connectivity index (χ2n) is 8.54. The lowest BCUT2D eigenvalue weighted by atomic mass is 10.1. The number of aryl methyl sites for hydroxylation is 1. The van der Waals surface area contributed by atoms with Gasteiger partial charge < -0.3 is 15.0 Å². The Morgan fingerprint density at radius 1 is 0.946 bits per heavy atom. The number of hydrogen-bond acceptors (Lipinski definition) is 5.